The molecule has 3 nitrogen and oxygen atoms in total. The topological polar surface area (TPSA) is 42.0 Å². The van der Waals surface area contributed by atoms with Crippen molar-refractivity contribution < 1.29 is 4.79 Å². The van der Waals surface area contributed by atoms with Gasteiger partial charge in [-0.1, -0.05) is 46.3 Å². The van der Waals surface area contributed by atoms with E-state index in [-0.39, 0.29) is 11.9 Å². The lowest BCUT2D eigenvalue weighted by Gasteiger charge is -2.16. The zero-order chi connectivity index (χ0) is 15.5. The van der Waals surface area contributed by atoms with Gasteiger partial charge in [-0.05, 0) is 31.2 Å². The van der Waals surface area contributed by atoms with E-state index in [2.05, 4.69) is 26.2 Å². The van der Waals surface area contributed by atoms with Gasteiger partial charge in [0.25, 0.3) is 5.91 Å². The third kappa shape index (κ3) is 2.88. The second-order valence-electron chi connectivity index (χ2n) is 5.10. The number of carbonyl (C=O) groups excluding carboxylic acids is 1. The van der Waals surface area contributed by atoms with Gasteiger partial charge in [-0.25, -0.2) is 0 Å². The number of halogens is 1. The van der Waals surface area contributed by atoms with Gasteiger partial charge < -0.3 is 5.32 Å². The Labute approximate surface area is 137 Å². The van der Waals surface area contributed by atoms with Crippen LogP contribution in [0.4, 0.5) is 0 Å². The summed E-state index contributed by atoms with van der Waals surface area (Å²) in [5, 5.41) is 4.07. The maximum atomic E-state index is 12.3. The molecule has 0 saturated carbocycles. The maximum absolute atomic E-state index is 12.3. The lowest BCUT2D eigenvalue weighted by molar-refractivity contribution is 0.0940. The van der Waals surface area contributed by atoms with Crippen LogP contribution >= 0.6 is 15.9 Å². The van der Waals surface area contributed by atoms with Crippen molar-refractivity contribution in [2.75, 3.05) is 0 Å². The fourth-order valence-corrected chi connectivity index (χ4v) is 2.91. The first-order valence-corrected chi connectivity index (χ1v) is 7.85. The van der Waals surface area contributed by atoms with Crippen LogP contribution in [0.15, 0.2) is 65.3 Å². The monoisotopic (exact) mass is 354 g/mol. The highest BCUT2D eigenvalue weighted by Gasteiger charge is 2.15. The van der Waals surface area contributed by atoms with E-state index < -0.39 is 0 Å². The molecule has 0 bridgehead atoms. The molecular formula is C18H15BrN2O. The highest BCUT2D eigenvalue weighted by atomic mass is 79.9. The van der Waals surface area contributed by atoms with E-state index in [1.165, 1.54) is 0 Å². The van der Waals surface area contributed by atoms with Crippen molar-refractivity contribution in [1.29, 1.82) is 0 Å². The largest absolute Gasteiger partial charge is 0.345 e. The summed E-state index contributed by atoms with van der Waals surface area (Å²) in [6.07, 6.45) is 1.77. The van der Waals surface area contributed by atoms with Crippen molar-refractivity contribution in [3.63, 3.8) is 0 Å². The summed E-state index contributed by atoms with van der Waals surface area (Å²) >= 11 is 3.54. The summed E-state index contributed by atoms with van der Waals surface area (Å²) in [6.45, 7) is 1.97. The predicted molar refractivity (Wildman–Crippen MR) is 91.8 cm³/mol. The Morgan fingerprint density at radius 2 is 1.86 bits per heavy atom. The van der Waals surface area contributed by atoms with E-state index in [9.17, 15) is 4.79 Å². The lowest BCUT2D eigenvalue weighted by Crippen LogP contribution is -2.26. The van der Waals surface area contributed by atoms with Crippen LogP contribution in [-0.2, 0) is 0 Å². The number of rotatable bonds is 3. The lowest BCUT2D eigenvalue weighted by atomic mass is 10.0. The van der Waals surface area contributed by atoms with Crippen molar-refractivity contribution in [2.24, 2.45) is 0 Å². The number of nitrogens with zero attached hydrogens (tertiary/aromatic N) is 1. The SMILES string of the molecule is C[C@H](NC(=O)c1ccccc1)c1ccc(Br)c2cccnc12. The maximum Gasteiger partial charge on any atom is 0.251 e. The third-order valence-electron chi connectivity index (χ3n) is 3.60. The molecular weight excluding hydrogens is 340 g/mol. The Kier molecular flexibility index (Phi) is 4.20. The van der Waals surface area contributed by atoms with Crippen LogP contribution in [0.5, 0.6) is 0 Å². The molecule has 1 amide bonds. The van der Waals surface area contributed by atoms with Gasteiger partial charge in [0.2, 0.25) is 0 Å². The van der Waals surface area contributed by atoms with Crippen LogP contribution in [0.25, 0.3) is 10.9 Å². The smallest absolute Gasteiger partial charge is 0.251 e. The third-order valence-corrected chi connectivity index (χ3v) is 4.29. The number of aromatic nitrogens is 1. The molecule has 0 spiro atoms. The number of nitrogens with one attached hydrogen (secondary N) is 1. The summed E-state index contributed by atoms with van der Waals surface area (Å²) in [5.41, 5.74) is 2.56. The van der Waals surface area contributed by atoms with Crippen molar-refractivity contribution in [2.45, 2.75) is 13.0 Å². The molecule has 3 aromatic rings. The van der Waals surface area contributed by atoms with E-state index in [1.807, 2.05) is 49.4 Å². The number of fused-ring (bicyclic) bond motifs is 1. The normalized spacial score (nSPS) is 12.1. The molecule has 0 radical (unpaired) electrons. The predicted octanol–water partition coefficient (Wildman–Crippen LogP) is 4.49. The second kappa shape index (κ2) is 6.28. The molecule has 1 atom stereocenters. The molecule has 0 unspecified atom stereocenters. The Morgan fingerprint density at radius 3 is 2.64 bits per heavy atom. The van der Waals surface area contributed by atoms with Gasteiger partial charge in [0.1, 0.15) is 0 Å². The van der Waals surface area contributed by atoms with Gasteiger partial charge in [0.05, 0.1) is 11.6 Å². The zero-order valence-electron chi connectivity index (χ0n) is 12.1. The van der Waals surface area contributed by atoms with Gasteiger partial charge in [-0.2, -0.15) is 0 Å². The number of benzene rings is 2. The number of amides is 1. The molecule has 0 aliphatic carbocycles. The van der Waals surface area contributed by atoms with Crippen LogP contribution in [0.1, 0.15) is 28.9 Å². The highest BCUT2D eigenvalue weighted by molar-refractivity contribution is 9.10. The molecule has 22 heavy (non-hydrogen) atoms. The molecule has 110 valence electrons. The van der Waals surface area contributed by atoms with E-state index in [0.29, 0.717) is 5.56 Å². The molecule has 0 fully saturated rings. The fourth-order valence-electron chi connectivity index (χ4n) is 2.46. The highest BCUT2D eigenvalue weighted by Crippen LogP contribution is 2.28. The molecule has 0 aliphatic heterocycles. The average molecular weight is 355 g/mol. The molecule has 3 rings (SSSR count). The van der Waals surface area contributed by atoms with Crippen molar-refractivity contribution >= 4 is 32.7 Å². The first kappa shape index (κ1) is 14.7. The molecule has 0 aliphatic rings. The molecule has 4 heteroatoms. The van der Waals surface area contributed by atoms with Gasteiger partial charge >= 0.3 is 0 Å². The standard InChI is InChI=1S/C18H15BrN2O/c1-12(21-18(22)13-6-3-2-4-7-13)14-9-10-16(19)15-8-5-11-20-17(14)15/h2-12H,1H3,(H,21,22)/t12-/m0/s1. The minimum absolute atomic E-state index is 0.0832. The summed E-state index contributed by atoms with van der Waals surface area (Å²) in [5.74, 6) is -0.0832. The van der Waals surface area contributed by atoms with Crippen LogP contribution in [0, 0.1) is 0 Å². The van der Waals surface area contributed by atoms with Gasteiger partial charge in [-0.3, -0.25) is 9.78 Å². The Bertz CT molecular complexity index is 818. The van der Waals surface area contributed by atoms with Crippen LogP contribution in [0.3, 0.4) is 0 Å². The van der Waals surface area contributed by atoms with Crippen molar-refractivity contribution in [1.82, 2.24) is 10.3 Å². The van der Waals surface area contributed by atoms with Gasteiger partial charge in [0.15, 0.2) is 0 Å². The molecule has 2 aromatic carbocycles. The Balaban J connectivity index is 1.91. The Morgan fingerprint density at radius 1 is 1.09 bits per heavy atom. The fraction of sp³-hybridized carbons (Fsp3) is 0.111. The number of hydrogen-bond donors (Lipinski definition) is 1. The quantitative estimate of drug-likeness (QED) is 0.752. The number of carbonyl (C=O) groups is 1. The average Bonchev–Trinajstić information content (AvgIpc) is 2.56. The molecule has 1 heterocycles. The van der Waals surface area contributed by atoms with Gasteiger partial charge in [-0.15, -0.1) is 0 Å². The summed E-state index contributed by atoms with van der Waals surface area (Å²) in [7, 11) is 0. The first-order chi connectivity index (χ1) is 10.7. The van der Waals surface area contributed by atoms with Crippen LogP contribution in [0.2, 0.25) is 0 Å². The molecule has 0 saturated heterocycles. The van der Waals surface area contributed by atoms with Crippen LogP contribution < -0.4 is 5.32 Å². The molecule has 1 aromatic heterocycles. The summed E-state index contributed by atoms with van der Waals surface area (Å²) in [4.78, 5) is 16.8. The van der Waals surface area contributed by atoms with Crippen LogP contribution in [-0.4, -0.2) is 10.9 Å². The minimum atomic E-state index is -0.127. The van der Waals surface area contributed by atoms with E-state index >= 15 is 0 Å². The minimum Gasteiger partial charge on any atom is -0.345 e. The zero-order valence-corrected chi connectivity index (χ0v) is 13.7. The van der Waals surface area contributed by atoms with E-state index in [1.54, 1.807) is 18.3 Å². The molecule has 1 N–H and O–H groups in total. The second-order valence-corrected chi connectivity index (χ2v) is 5.95. The Hall–Kier alpha value is -2.20. The number of pyridine rings is 1. The van der Waals surface area contributed by atoms with Crippen molar-refractivity contribution in [3.8, 4) is 0 Å². The van der Waals surface area contributed by atoms with Gasteiger partial charge in [0, 0.05) is 27.2 Å². The van der Waals surface area contributed by atoms with E-state index in [0.717, 1.165) is 20.9 Å². The van der Waals surface area contributed by atoms with Crippen molar-refractivity contribution in [3.05, 3.63) is 76.4 Å². The summed E-state index contributed by atoms with van der Waals surface area (Å²) in [6, 6.07) is 17.0. The first-order valence-electron chi connectivity index (χ1n) is 7.06. The summed E-state index contributed by atoms with van der Waals surface area (Å²) < 4.78 is 1.00. The number of hydrogen-bond acceptors (Lipinski definition) is 2. The van der Waals surface area contributed by atoms with E-state index in [4.69, 9.17) is 0 Å².